The summed E-state index contributed by atoms with van der Waals surface area (Å²) in [6.45, 7) is 3.52. The van der Waals surface area contributed by atoms with Gasteiger partial charge in [0.25, 0.3) is 0 Å². The summed E-state index contributed by atoms with van der Waals surface area (Å²) in [5, 5.41) is 3.47. The number of carbonyl (C=O) groups is 1. The fourth-order valence-electron chi connectivity index (χ4n) is 4.89. The molecular formula is C20H36N2O2. The van der Waals surface area contributed by atoms with E-state index < -0.39 is 0 Å². The van der Waals surface area contributed by atoms with Crippen LogP contribution in [0.3, 0.4) is 0 Å². The monoisotopic (exact) mass is 336 g/mol. The lowest BCUT2D eigenvalue weighted by Gasteiger charge is -2.42. The fourth-order valence-corrected chi connectivity index (χ4v) is 4.89. The third-order valence-electron chi connectivity index (χ3n) is 6.32. The Morgan fingerprint density at radius 2 is 1.54 bits per heavy atom. The molecule has 4 nitrogen and oxygen atoms in total. The van der Waals surface area contributed by atoms with Gasteiger partial charge in [0.2, 0.25) is 5.91 Å². The normalized spacial score (nSPS) is 28.0. The molecule has 4 heteroatoms. The minimum atomic E-state index is 0.274. The molecule has 138 valence electrons. The average Bonchev–Trinajstić information content (AvgIpc) is 3.16. The maximum Gasteiger partial charge on any atom is 0.237 e. The summed E-state index contributed by atoms with van der Waals surface area (Å²) >= 11 is 0. The van der Waals surface area contributed by atoms with Crippen molar-refractivity contribution in [1.29, 1.82) is 0 Å². The predicted octanol–water partition coefficient (Wildman–Crippen LogP) is 3.64. The Bertz CT molecular complexity index is 365. The molecule has 2 aliphatic carbocycles. The standard InChI is InChI=1S/C20H36N2O2/c1-16(19-13-8-14-24-19)21-15-20(23)22(17-9-4-2-5-10-17)18-11-6-3-7-12-18/h16-19,21H,2-15H2,1H3. The van der Waals surface area contributed by atoms with Gasteiger partial charge in [-0.2, -0.15) is 0 Å². The van der Waals surface area contributed by atoms with Crippen LogP contribution in [0.2, 0.25) is 0 Å². The fraction of sp³-hybridized carbons (Fsp3) is 0.950. The molecule has 0 aromatic rings. The highest BCUT2D eigenvalue weighted by molar-refractivity contribution is 5.79. The minimum absolute atomic E-state index is 0.274. The summed E-state index contributed by atoms with van der Waals surface area (Å²) < 4.78 is 5.75. The van der Waals surface area contributed by atoms with Crippen molar-refractivity contribution in [2.24, 2.45) is 0 Å². The average molecular weight is 337 g/mol. The van der Waals surface area contributed by atoms with E-state index in [0.717, 1.165) is 19.4 Å². The maximum absolute atomic E-state index is 13.1. The van der Waals surface area contributed by atoms with E-state index in [0.29, 0.717) is 24.5 Å². The van der Waals surface area contributed by atoms with E-state index in [-0.39, 0.29) is 12.1 Å². The lowest BCUT2D eigenvalue weighted by atomic mass is 9.88. The van der Waals surface area contributed by atoms with Gasteiger partial charge in [-0.1, -0.05) is 38.5 Å². The quantitative estimate of drug-likeness (QED) is 0.805. The zero-order chi connectivity index (χ0) is 16.8. The smallest absolute Gasteiger partial charge is 0.237 e. The van der Waals surface area contributed by atoms with Gasteiger partial charge < -0.3 is 15.0 Å². The number of nitrogens with one attached hydrogen (secondary N) is 1. The molecule has 3 aliphatic rings. The molecule has 1 aliphatic heterocycles. The van der Waals surface area contributed by atoms with E-state index >= 15 is 0 Å². The molecule has 3 fully saturated rings. The zero-order valence-electron chi connectivity index (χ0n) is 15.5. The van der Waals surface area contributed by atoms with Crippen molar-refractivity contribution in [2.45, 2.75) is 108 Å². The number of carbonyl (C=O) groups excluding carboxylic acids is 1. The van der Waals surface area contributed by atoms with Gasteiger partial charge in [-0.25, -0.2) is 0 Å². The van der Waals surface area contributed by atoms with E-state index in [1.807, 2.05) is 0 Å². The Kier molecular flexibility index (Phi) is 6.96. The number of nitrogens with zero attached hydrogens (tertiary/aromatic N) is 1. The third kappa shape index (κ3) is 4.72. The molecule has 0 radical (unpaired) electrons. The van der Waals surface area contributed by atoms with E-state index in [2.05, 4.69) is 17.1 Å². The van der Waals surface area contributed by atoms with Crippen LogP contribution < -0.4 is 5.32 Å². The lowest BCUT2D eigenvalue weighted by Crippen LogP contribution is -2.53. The summed E-state index contributed by atoms with van der Waals surface area (Å²) in [6.07, 6.45) is 15.3. The van der Waals surface area contributed by atoms with Crippen LogP contribution in [-0.4, -0.2) is 48.2 Å². The minimum Gasteiger partial charge on any atom is -0.377 e. The van der Waals surface area contributed by atoms with Crippen molar-refractivity contribution < 1.29 is 9.53 Å². The number of hydrogen-bond donors (Lipinski definition) is 1. The highest BCUT2D eigenvalue weighted by Crippen LogP contribution is 2.30. The topological polar surface area (TPSA) is 41.6 Å². The zero-order valence-corrected chi connectivity index (χ0v) is 15.5. The second-order valence-electron chi connectivity index (χ2n) is 8.11. The van der Waals surface area contributed by atoms with E-state index in [4.69, 9.17) is 4.74 Å². The van der Waals surface area contributed by atoms with Crippen molar-refractivity contribution in [2.75, 3.05) is 13.2 Å². The van der Waals surface area contributed by atoms with Gasteiger partial charge in [0.1, 0.15) is 0 Å². The molecule has 1 saturated heterocycles. The van der Waals surface area contributed by atoms with Crippen LogP contribution >= 0.6 is 0 Å². The summed E-state index contributed by atoms with van der Waals surface area (Å²) in [5.41, 5.74) is 0. The SMILES string of the molecule is CC(NCC(=O)N(C1CCCCC1)C1CCCCC1)C1CCCO1. The van der Waals surface area contributed by atoms with Crippen molar-refractivity contribution in [3.05, 3.63) is 0 Å². The molecule has 2 atom stereocenters. The molecular weight excluding hydrogens is 300 g/mol. The Morgan fingerprint density at radius 1 is 0.958 bits per heavy atom. The van der Waals surface area contributed by atoms with Gasteiger partial charge >= 0.3 is 0 Å². The first-order chi connectivity index (χ1) is 11.8. The molecule has 0 bridgehead atoms. The molecule has 2 unspecified atom stereocenters. The van der Waals surface area contributed by atoms with Crippen molar-refractivity contribution in [1.82, 2.24) is 10.2 Å². The molecule has 1 amide bonds. The molecule has 2 saturated carbocycles. The Balaban J connectivity index is 1.57. The Hall–Kier alpha value is -0.610. The van der Waals surface area contributed by atoms with Crippen LogP contribution in [0, 0.1) is 0 Å². The molecule has 1 N–H and O–H groups in total. The van der Waals surface area contributed by atoms with E-state index in [1.165, 1.54) is 64.2 Å². The summed E-state index contributed by atoms with van der Waals surface area (Å²) in [7, 11) is 0. The molecule has 24 heavy (non-hydrogen) atoms. The van der Waals surface area contributed by atoms with Crippen molar-refractivity contribution in [3.63, 3.8) is 0 Å². The largest absolute Gasteiger partial charge is 0.377 e. The Morgan fingerprint density at radius 3 is 2.04 bits per heavy atom. The first-order valence-corrected chi connectivity index (χ1v) is 10.4. The predicted molar refractivity (Wildman–Crippen MR) is 97.0 cm³/mol. The molecule has 3 rings (SSSR count). The second-order valence-corrected chi connectivity index (χ2v) is 8.11. The molecule has 1 heterocycles. The van der Waals surface area contributed by atoms with Crippen LogP contribution in [0.1, 0.15) is 84.0 Å². The number of rotatable bonds is 6. The van der Waals surface area contributed by atoms with Gasteiger partial charge in [0.15, 0.2) is 0 Å². The van der Waals surface area contributed by atoms with Gasteiger partial charge in [0.05, 0.1) is 12.6 Å². The maximum atomic E-state index is 13.1. The van der Waals surface area contributed by atoms with Crippen LogP contribution in [0.25, 0.3) is 0 Å². The molecule has 0 aromatic heterocycles. The molecule has 0 aromatic carbocycles. The number of hydrogen-bond acceptors (Lipinski definition) is 3. The van der Waals surface area contributed by atoms with Crippen LogP contribution in [0.15, 0.2) is 0 Å². The number of ether oxygens (including phenoxy) is 1. The van der Waals surface area contributed by atoms with E-state index in [9.17, 15) is 4.79 Å². The highest BCUT2D eigenvalue weighted by Gasteiger charge is 2.32. The first kappa shape index (κ1) is 18.2. The van der Waals surface area contributed by atoms with Crippen LogP contribution in [0.5, 0.6) is 0 Å². The molecule has 0 spiro atoms. The summed E-state index contributed by atoms with van der Waals surface area (Å²) in [4.78, 5) is 15.4. The van der Waals surface area contributed by atoms with Crippen molar-refractivity contribution >= 4 is 5.91 Å². The Labute approximate surface area is 147 Å². The van der Waals surface area contributed by atoms with Crippen LogP contribution in [0.4, 0.5) is 0 Å². The third-order valence-corrected chi connectivity index (χ3v) is 6.32. The lowest BCUT2D eigenvalue weighted by molar-refractivity contribution is -0.137. The first-order valence-electron chi connectivity index (χ1n) is 10.4. The highest BCUT2D eigenvalue weighted by atomic mass is 16.5. The summed E-state index contributed by atoms with van der Waals surface area (Å²) in [5.74, 6) is 0.332. The van der Waals surface area contributed by atoms with Crippen molar-refractivity contribution in [3.8, 4) is 0 Å². The second kappa shape index (κ2) is 9.19. The van der Waals surface area contributed by atoms with Gasteiger partial charge in [0, 0.05) is 24.7 Å². The van der Waals surface area contributed by atoms with Gasteiger partial charge in [-0.3, -0.25) is 4.79 Å². The number of amides is 1. The van der Waals surface area contributed by atoms with E-state index in [1.54, 1.807) is 0 Å². The van der Waals surface area contributed by atoms with Gasteiger partial charge in [-0.15, -0.1) is 0 Å². The van der Waals surface area contributed by atoms with Crippen LogP contribution in [-0.2, 0) is 9.53 Å². The summed E-state index contributed by atoms with van der Waals surface area (Å²) in [6, 6.07) is 1.26. The van der Waals surface area contributed by atoms with Gasteiger partial charge in [-0.05, 0) is 45.4 Å².